The maximum absolute atomic E-state index is 9.00. The van der Waals surface area contributed by atoms with Crippen LogP contribution in [0.4, 0.5) is 0 Å². The van der Waals surface area contributed by atoms with Gasteiger partial charge in [0.2, 0.25) is 0 Å². The van der Waals surface area contributed by atoms with Gasteiger partial charge in [0.05, 0.1) is 0 Å². The molecule has 8 nitrogen and oxygen atoms in total. The summed E-state index contributed by atoms with van der Waals surface area (Å²) in [5, 5.41) is 29.7. The summed E-state index contributed by atoms with van der Waals surface area (Å²) in [6.07, 6.45) is 0. The van der Waals surface area contributed by atoms with Gasteiger partial charge in [-0.25, -0.2) is 0 Å². The molecule has 0 unspecified atom stereocenters. The van der Waals surface area contributed by atoms with Crippen molar-refractivity contribution < 1.29 is 60.7 Å². The average molecular weight is 424 g/mol. The molecule has 0 rings (SSSR count). The Hall–Kier alpha value is -1.43. The third-order valence-electron chi connectivity index (χ3n) is 0. The number of hydrogen-bond donors (Lipinski definition) is 4. The van der Waals surface area contributed by atoms with Gasteiger partial charge in [-0.15, -0.1) is 0 Å². The first-order chi connectivity index (χ1) is 6.93. The fourth-order valence-electron chi connectivity index (χ4n) is 0. The van der Waals surface area contributed by atoms with Crippen molar-refractivity contribution in [2.75, 3.05) is 0 Å². The first kappa shape index (κ1) is 29.6. The van der Waals surface area contributed by atoms with Gasteiger partial charge in [0.15, 0.2) is 0 Å². The van der Waals surface area contributed by atoms with Crippen molar-refractivity contribution in [3.8, 4) is 0 Å². The van der Waals surface area contributed by atoms with Gasteiger partial charge in [0, 0.05) is 48.8 Å². The van der Waals surface area contributed by atoms with Crippen LogP contribution in [0.3, 0.4) is 0 Å². The van der Waals surface area contributed by atoms with Gasteiger partial charge in [0.25, 0.3) is 23.9 Å². The minimum absolute atomic E-state index is 0. The van der Waals surface area contributed by atoms with E-state index in [0.717, 1.165) is 27.7 Å². The molecule has 0 aromatic carbocycles. The number of hydrogen-bond acceptors (Lipinski definition) is 4. The normalized spacial score (nSPS) is 5.88. The van der Waals surface area contributed by atoms with Crippen molar-refractivity contribution >= 4 is 23.9 Å². The van der Waals surface area contributed by atoms with Crippen LogP contribution in [0.2, 0.25) is 0 Å². The van der Waals surface area contributed by atoms with Crippen molar-refractivity contribution in [3.05, 3.63) is 0 Å². The predicted octanol–water partition coefficient (Wildman–Crippen LogP) is 0.361. The van der Waals surface area contributed by atoms with Gasteiger partial charge in [-0.2, -0.15) is 0 Å². The molecule has 0 fully saturated rings. The second-order valence-corrected chi connectivity index (χ2v) is 2.08. The molecule has 0 atom stereocenters. The molecule has 0 aliphatic rings. The van der Waals surface area contributed by atoms with Crippen LogP contribution in [0, 0.1) is 0 Å². The summed E-state index contributed by atoms with van der Waals surface area (Å²) in [6, 6.07) is 0. The SMILES string of the molecule is CC(=O)O.CC(=O)O.CC(=O)O.CC(=O)O.[W]. The van der Waals surface area contributed by atoms with E-state index in [4.69, 9.17) is 39.6 Å². The predicted molar refractivity (Wildman–Crippen MR) is 53.2 cm³/mol. The Morgan fingerprint density at radius 3 is 0.529 bits per heavy atom. The van der Waals surface area contributed by atoms with Gasteiger partial charge in [0.1, 0.15) is 0 Å². The summed E-state index contributed by atoms with van der Waals surface area (Å²) in [5.74, 6) is -3.33. The molecule has 9 heteroatoms. The van der Waals surface area contributed by atoms with E-state index in [-0.39, 0.29) is 21.1 Å². The number of rotatable bonds is 0. The van der Waals surface area contributed by atoms with E-state index in [2.05, 4.69) is 0 Å². The van der Waals surface area contributed by atoms with E-state index in [1.54, 1.807) is 0 Å². The molecule has 0 saturated carbocycles. The van der Waals surface area contributed by atoms with Crippen molar-refractivity contribution in [2.24, 2.45) is 0 Å². The van der Waals surface area contributed by atoms with Crippen LogP contribution < -0.4 is 0 Å². The summed E-state index contributed by atoms with van der Waals surface area (Å²) in [4.78, 5) is 36.0. The molecule has 0 aromatic rings. The van der Waals surface area contributed by atoms with Gasteiger partial charge in [-0.1, -0.05) is 0 Å². The summed E-state index contributed by atoms with van der Waals surface area (Å²) >= 11 is 0. The van der Waals surface area contributed by atoms with Gasteiger partial charge in [-0.05, 0) is 0 Å². The van der Waals surface area contributed by atoms with Crippen molar-refractivity contribution in [2.45, 2.75) is 27.7 Å². The quantitative estimate of drug-likeness (QED) is 0.436. The molecule has 0 saturated heterocycles. The summed E-state index contributed by atoms with van der Waals surface area (Å²) < 4.78 is 0. The molecule has 4 N–H and O–H groups in total. The van der Waals surface area contributed by atoms with Crippen molar-refractivity contribution in [1.29, 1.82) is 0 Å². The molecule has 0 bridgehead atoms. The number of carboxylic acid groups (broad SMARTS) is 4. The van der Waals surface area contributed by atoms with Crippen LogP contribution in [0.5, 0.6) is 0 Å². The molecule has 0 radical (unpaired) electrons. The third kappa shape index (κ3) is 1120. The standard InChI is InChI=1S/4C2H4O2.W/c4*1-2(3)4;/h4*1H3,(H,3,4);. The first-order valence-electron chi connectivity index (χ1n) is 3.71. The Labute approximate surface area is 113 Å². The smallest absolute Gasteiger partial charge is 0.300 e. The second-order valence-electron chi connectivity index (χ2n) is 2.08. The molecular formula is C8H16O8W. The molecule has 0 spiro atoms. The molecule has 0 aromatic heterocycles. The summed E-state index contributed by atoms with van der Waals surface area (Å²) in [7, 11) is 0. The zero-order valence-electron chi connectivity index (χ0n) is 9.83. The molecule has 0 heterocycles. The third-order valence-corrected chi connectivity index (χ3v) is 0. The topological polar surface area (TPSA) is 149 Å². The van der Waals surface area contributed by atoms with Crippen LogP contribution in [-0.2, 0) is 40.2 Å². The van der Waals surface area contributed by atoms with E-state index in [1.807, 2.05) is 0 Å². The maximum Gasteiger partial charge on any atom is 0.300 e. The minimum Gasteiger partial charge on any atom is -0.481 e. The first-order valence-corrected chi connectivity index (χ1v) is 3.71. The van der Waals surface area contributed by atoms with Gasteiger partial charge < -0.3 is 20.4 Å². The van der Waals surface area contributed by atoms with Crippen LogP contribution in [0.1, 0.15) is 27.7 Å². The Morgan fingerprint density at radius 2 is 0.529 bits per heavy atom. The van der Waals surface area contributed by atoms with E-state index >= 15 is 0 Å². The van der Waals surface area contributed by atoms with E-state index in [9.17, 15) is 0 Å². The van der Waals surface area contributed by atoms with Crippen LogP contribution in [0.15, 0.2) is 0 Å². The van der Waals surface area contributed by atoms with Crippen molar-refractivity contribution in [3.63, 3.8) is 0 Å². The molecule has 0 aliphatic carbocycles. The second kappa shape index (κ2) is 24.0. The number of aliphatic carboxylic acids is 4. The molecule has 102 valence electrons. The van der Waals surface area contributed by atoms with E-state index in [1.165, 1.54) is 0 Å². The van der Waals surface area contributed by atoms with Crippen LogP contribution >= 0.6 is 0 Å². The zero-order valence-corrected chi connectivity index (χ0v) is 12.8. The Balaban J connectivity index is -0.0000000369. The number of carboxylic acids is 4. The fourth-order valence-corrected chi connectivity index (χ4v) is 0. The van der Waals surface area contributed by atoms with Crippen LogP contribution in [0.25, 0.3) is 0 Å². The minimum atomic E-state index is -0.833. The fraction of sp³-hybridized carbons (Fsp3) is 0.500. The van der Waals surface area contributed by atoms with Gasteiger partial charge in [-0.3, -0.25) is 19.2 Å². The van der Waals surface area contributed by atoms with Crippen LogP contribution in [-0.4, -0.2) is 44.3 Å². The Bertz CT molecular complexity index is 162. The molecule has 0 amide bonds. The Morgan fingerprint density at radius 1 is 0.529 bits per heavy atom. The van der Waals surface area contributed by atoms with E-state index < -0.39 is 23.9 Å². The van der Waals surface area contributed by atoms with Gasteiger partial charge >= 0.3 is 0 Å². The molecule has 0 aliphatic heterocycles. The van der Waals surface area contributed by atoms with Crippen molar-refractivity contribution in [1.82, 2.24) is 0 Å². The van der Waals surface area contributed by atoms with E-state index in [0.29, 0.717) is 0 Å². The monoisotopic (exact) mass is 424 g/mol. The molecule has 17 heavy (non-hydrogen) atoms. The number of carbonyl (C=O) groups is 4. The summed E-state index contributed by atoms with van der Waals surface area (Å²) in [6.45, 7) is 4.33. The zero-order chi connectivity index (χ0) is 14.3. The largest absolute Gasteiger partial charge is 0.481 e. The Kier molecular flexibility index (Phi) is 41.8. The maximum atomic E-state index is 9.00. The average Bonchev–Trinajstić information content (AvgIpc) is 1.76. The molecular weight excluding hydrogens is 408 g/mol. The summed E-state index contributed by atoms with van der Waals surface area (Å²) in [5.41, 5.74) is 0.